The van der Waals surface area contributed by atoms with Crippen molar-refractivity contribution in [1.82, 2.24) is 4.98 Å². The van der Waals surface area contributed by atoms with Crippen LogP contribution in [0.15, 0.2) is 48.7 Å². The molecular weight excluding hydrogens is 378 g/mol. The number of aromatic amines is 1. The molecule has 2 aromatic heterocycles. The highest BCUT2D eigenvalue weighted by molar-refractivity contribution is 7.14. The number of hydrogen-bond donors (Lipinski definition) is 1. The molecule has 0 saturated heterocycles. The molecule has 2 heterocycles. The SMILES string of the molecule is Cc1ccc(Cl)c(Oc2sc(COc3cc4cc[nH]c4cc3C)cc2C)c1. The number of halogens is 1. The van der Waals surface area contributed by atoms with Crippen LogP contribution in [0.3, 0.4) is 0 Å². The summed E-state index contributed by atoms with van der Waals surface area (Å²) >= 11 is 7.84. The topological polar surface area (TPSA) is 34.2 Å². The van der Waals surface area contributed by atoms with Gasteiger partial charge in [-0.25, -0.2) is 0 Å². The van der Waals surface area contributed by atoms with Gasteiger partial charge >= 0.3 is 0 Å². The average molecular weight is 398 g/mol. The molecule has 4 aromatic rings. The number of benzene rings is 2. The van der Waals surface area contributed by atoms with Crippen molar-refractivity contribution in [2.75, 3.05) is 0 Å². The summed E-state index contributed by atoms with van der Waals surface area (Å²) in [5.41, 5.74) is 4.43. The molecule has 138 valence electrons. The molecule has 0 aliphatic carbocycles. The van der Waals surface area contributed by atoms with Gasteiger partial charge in [0.15, 0.2) is 5.06 Å². The molecule has 0 amide bonds. The number of fused-ring (bicyclic) bond motifs is 1. The number of nitrogens with one attached hydrogen (secondary N) is 1. The maximum absolute atomic E-state index is 6.25. The fraction of sp³-hybridized carbons (Fsp3) is 0.182. The zero-order valence-corrected chi connectivity index (χ0v) is 17.0. The van der Waals surface area contributed by atoms with E-state index in [9.17, 15) is 0 Å². The molecule has 0 atom stereocenters. The fourth-order valence-corrected chi connectivity index (χ4v) is 4.08. The lowest BCUT2D eigenvalue weighted by molar-refractivity contribution is 0.308. The van der Waals surface area contributed by atoms with E-state index in [1.54, 1.807) is 11.3 Å². The molecule has 27 heavy (non-hydrogen) atoms. The van der Waals surface area contributed by atoms with Crippen molar-refractivity contribution in [2.45, 2.75) is 27.4 Å². The Morgan fingerprint density at radius 2 is 1.81 bits per heavy atom. The number of rotatable bonds is 5. The zero-order valence-electron chi connectivity index (χ0n) is 15.4. The smallest absolute Gasteiger partial charge is 0.184 e. The highest BCUT2D eigenvalue weighted by Crippen LogP contribution is 2.37. The summed E-state index contributed by atoms with van der Waals surface area (Å²) in [5, 5.41) is 2.61. The van der Waals surface area contributed by atoms with E-state index in [0.717, 1.165) is 43.3 Å². The van der Waals surface area contributed by atoms with Gasteiger partial charge in [0.1, 0.15) is 18.1 Å². The number of H-pyrrole nitrogens is 1. The van der Waals surface area contributed by atoms with Crippen molar-refractivity contribution in [3.05, 3.63) is 75.3 Å². The molecule has 0 radical (unpaired) electrons. The first-order valence-electron chi connectivity index (χ1n) is 8.73. The maximum atomic E-state index is 6.25. The van der Waals surface area contributed by atoms with E-state index >= 15 is 0 Å². The summed E-state index contributed by atoms with van der Waals surface area (Å²) < 4.78 is 12.1. The number of hydrogen-bond acceptors (Lipinski definition) is 3. The Kier molecular flexibility index (Phi) is 4.85. The molecule has 3 nitrogen and oxygen atoms in total. The molecule has 0 aliphatic heterocycles. The maximum Gasteiger partial charge on any atom is 0.184 e. The van der Waals surface area contributed by atoms with Crippen LogP contribution in [-0.2, 0) is 6.61 Å². The summed E-state index contributed by atoms with van der Waals surface area (Å²) in [6, 6.07) is 14.1. The van der Waals surface area contributed by atoms with Gasteiger partial charge in [0.05, 0.1) is 5.02 Å². The van der Waals surface area contributed by atoms with Crippen LogP contribution >= 0.6 is 22.9 Å². The Balaban J connectivity index is 1.51. The Morgan fingerprint density at radius 1 is 0.963 bits per heavy atom. The lowest BCUT2D eigenvalue weighted by Gasteiger charge is -2.08. The second-order valence-electron chi connectivity index (χ2n) is 6.69. The standard InChI is InChI=1S/C22H20ClNO2S/c1-13-4-5-18(23)21(8-13)26-22-15(3)9-17(27-22)12-25-20-11-16-6-7-24-19(16)10-14(20)2/h4-11,24H,12H2,1-3H3. The number of thiophene rings is 1. The summed E-state index contributed by atoms with van der Waals surface area (Å²) in [4.78, 5) is 4.33. The van der Waals surface area contributed by atoms with Gasteiger partial charge < -0.3 is 14.5 Å². The van der Waals surface area contributed by atoms with Gasteiger partial charge in [-0.15, -0.1) is 0 Å². The molecule has 1 N–H and O–H groups in total. The summed E-state index contributed by atoms with van der Waals surface area (Å²) in [6.45, 7) is 6.63. The Labute approximate surface area is 167 Å². The Hall–Kier alpha value is -2.43. The van der Waals surface area contributed by atoms with Crippen molar-refractivity contribution in [2.24, 2.45) is 0 Å². The van der Waals surface area contributed by atoms with Crippen LogP contribution in [0.1, 0.15) is 21.6 Å². The summed E-state index contributed by atoms with van der Waals surface area (Å²) in [5.74, 6) is 1.58. The second-order valence-corrected chi connectivity index (χ2v) is 8.20. The van der Waals surface area contributed by atoms with E-state index in [4.69, 9.17) is 21.1 Å². The van der Waals surface area contributed by atoms with Crippen LogP contribution in [0, 0.1) is 20.8 Å². The monoisotopic (exact) mass is 397 g/mol. The van der Waals surface area contributed by atoms with Crippen molar-refractivity contribution >= 4 is 33.8 Å². The van der Waals surface area contributed by atoms with Gasteiger partial charge in [-0.2, -0.15) is 0 Å². The van der Waals surface area contributed by atoms with Crippen molar-refractivity contribution in [3.8, 4) is 16.6 Å². The van der Waals surface area contributed by atoms with Crippen LogP contribution in [0.4, 0.5) is 0 Å². The third kappa shape index (κ3) is 3.82. The van der Waals surface area contributed by atoms with Crippen LogP contribution in [0.2, 0.25) is 5.02 Å². The largest absolute Gasteiger partial charge is 0.488 e. The van der Waals surface area contributed by atoms with Gasteiger partial charge in [0.25, 0.3) is 0 Å². The summed E-state index contributed by atoms with van der Waals surface area (Å²) in [7, 11) is 0. The van der Waals surface area contributed by atoms with Crippen molar-refractivity contribution in [1.29, 1.82) is 0 Å². The number of aromatic nitrogens is 1. The van der Waals surface area contributed by atoms with E-state index in [1.165, 1.54) is 0 Å². The van der Waals surface area contributed by atoms with E-state index in [-0.39, 0.29) is 0 Å². The second kappa shape index (κ2) is 7.29. The normalized spacial score (nSPS) is 11.1. The molecule has 0 bridgehead atoms. The lowest BCUT2D eigenvalue weighted by atomic mass is 10.1. The van der Waals surface area contributed by atoms with Crippen LogP contribution in [0.25, 0.3) is 10.9 Å². The molecule has 0 aliphatic rings. The first-order valence-corrected chi connectivity index (χ1v) is 9.93. The average Bonchev–Trinajstić information content (AvgIpc) is 3.22. The van der Waals surface area contributed by atoms with Gasteiger partial charge in [0.2, 0.25) is 0 Å². The lowest BCUT2D eigenvalue weighted by Crippen LogP contribution is -1.94. The third-order valence-electron chi connectivity index (χ3n) is 4.43. The van der Waals surface area contributed by atoms with Crippen LogP contribution < -0.4 is 9.47 Å². The van der Waals surface area contributed by atoms with E-state index in [0.29, 0.717) is 17.4 Å². The zero-order chi connectivity index (χ0) is 19.0. The minimum atomic E-state index is 0.507. The highest BCUT2D eigenvalue weighted by Gasteiger charge is 2.12. The van der Waals surface area contributed by atoms with E-state index in [1.807, 2.05) is 38.2 Å². The van der Waals surface area contributed by atoms with Crippen LogP contribution in [0.5, 0.6) is 16.6 Å². The summed E-state index contributed by atoms with van der Waals surface area (Å²) in [6.07, 6.45) is 1.94. The van der Waals surface area contributed by atoms with Gasteiger partial charge in [-0.1, -0.05) is 29.0 Å². The predicted molar refractivity (Wildman–Crippen MR) is 113 cm³/mol. The van der Waals surface area contributed by atoms with Crippen molar-refractivity contribution < 1.29 is 9.47 Å². The minimum absolute atomic E-state index is 0.507. The van der Waals surface area contributed by atoms with Gasteiger partial charge in [0, 0.05) is 27.5 Å². The number of aryl methyl sites for hydroxylation is 3. The van der Waals surface area contributed by atoms with Gasteiger partial charge in [-0.3, -0.25) is 0 Å². The molecule has 4 rings (SSSR count). The number of ether oxygens (including phenoxy) is 2. The molecule has 0 spiro atoms. The first kappa shape index (κ1) is 18.0. The van der Waals surface area contributed by atoms with E-state index in [2.05, 4.69) is 36.2 Å². The molecule has 0 saturated carbocycles. The molecule has 2 aromatic carbocycles. The Morgan fingerprint density at radius 3 is 2.67 bits per heavy atom. The minimum Gasteiger partial charge on any atom is -0.488 e. The quantitative estimate of drug-likeness (QED) is 0.387. The fourth-order valence-electron chi connectivity index (χ4n) is 2.98. The van der Waals surface area contributed by atoms with Crippen molar-refractivity contribution in [3.63, 3.8) is 0 Å². The molecular formula is C22H20ClNO2S. The molecule has 5 heteroatoms. The van der Waals surface area contributed by atoms with Gasteiger partial charge in [-0.05, 0) is 68.3 Å². The third-order valence-corrected chi connectivity index (χ3v) is 5.83. The molecule has 0 unspecified atom stereocenters. The predicted octanol–water partition coefficient (Wildman–Crippen LogP) is 7.18. The Bertz CT molecular complexity index is 1110. The molecule has 0 fully saturated rings. The highest BCUT2D eigenvalue weighted by atomic mass is 35.5. The first-order chi connectivity index (χ1) is 13.0. The van der Waals surface area contributed by atoms with Crippen LogP contribution in [-0.4, -0.2) is 4.98 Å². The van der Waals surface area contributed by atoms with E-state index < -0.39 is 0 Å².